The Morgan fingerprint density at radius 3 is 2.55 bits per heavy atom. The normalized spacial score (nSPS) is 15.2. The first kappa shape index (κ1) is 26.0. The maximum Gasteiger partial charge on any atom is 0.191 e. The zero-order valence-corrected chi connectivity index (χ0v) is 20.5. The molecule has 0 bridgehead atoms. The van der Waals surface area contributed by atoms with Gasteiger partial charge in [-0.25, -0.2) is 4.99 Å². The molecule has 0 spiro atoms. The van der Waals surface area contributed by atoms with Crippen molar-refractivity contribution in [1.82, 2.24) is 10.6 Å². The van der Waals surface area contributed by atoms with Crippen LogP contribution in [-0.4, -0.2) is 53.1 Å². The van der Waals surface area contributed by atoms with Gasteiger partial charge < -0.3 is 24.8 Å². The Morgan fingerprint density at radius 2 is 1.90 bits per heavy atom. The lowest BCUT2D eigenvalue weighted by molar-refractivity contribution is 0.0732. The molecule has 0 aromatic heterocycles. The molecule has 0 atom stereocenters. The lowest BCUT2D eigenvalue weighted by atomic mass is 9.67. The summed E-state index contributed by atoms with van der Waals surface area (Å²) in [6.45, 7) is 6.71. The third kappa shape index (κ3) is 9.53. The van der Waals surface area contributed by atoms with Gasteiger partial charge >= 0.3 is 0 Å². The molecular weight excluding hydrogens is 481 g/mol. The number of nitrogens with zero attached hydrogens (tertiary/aromatic N) is 1. The van der Waals surface area contributed by atoms with Crippen molar-refractivity contribution in [2.24, 2.45) is 10.4 Å². The molecule has 0 heterocycles. The maximum absolute atomic E-state index is 5.78. The quantitative estimate of drug-likeness (QED) is 0.179. The first-order chi connectivity index (χ1) is 13.7. The van der Waals surface area contributed by atoms with Crippen LogP contribution in [0.25, 0.3) is 0 Å². The SMILES string of the molecule is CCNC(=NCc1cccc(OCCCOC)c1)NCC1(CCOC)CCC1.I. The third-order valence-electron chi connectivity index (χ3n) is 5.31. The van der Waals surface area contributed by atoms with E-state index in [2.05, 4.69) is 29.7 Å². The number of benzene rings is 1. The third-order valence-corrected chi connectivity index (χ3v) is 5.31. The molecule has 0 unspecified atom stereocenters. The largest absolute Gasteiger partial charge is 0.493 e. The maximum atomic E-state index is 5.78. The summed E-state index contributed by atoms with van der Waals surface area (Å²) < 4.78 is 16.1. The number of halogens is 1. The van der Waals surface area contributed by atoms with Crippen LogP contribution in [0.3, 0.4) is 0 Å². The number of nitrogens with one attached hydrogen (secondary N) is 2. The van der Waals surface area contributed by atoms with Crippen LogP contribution in [-0.2, 0) is 16.0 Å². The highest BCUT2D eigenvalue weighted by molar-refractivity contribution is 14.0. The van der Waals surface area contributed by atoms with Gasteiger partial charge in [-0.15, -0.1) is 24.0 Å². The number of hydrogen-bond donors (Lipinski definition) is 2. The molecule has 0 radical (unpaired) electrons. The molecule has 1 aromatic carbocycles. The van der Waals surface area contributed by atoms with Crippen LogP contribution in [0.5, 0.6) is 5.75 Å². The molecule has 0 aliphatic heterocycles. The van der Waals surface area contributed by atoms with E-state index in [1.165, 1.54) is 19.3 Å². The first-order valence-corrected chi connectivity index (χ1v) is 10.4. The molecule has 0 saturated heterocycles. The smallest absolute Gasteiger partial charge is 0.191 e. The lowest BCUT2D eigenvalue weighted by Crippen LogP contribution is -2.46. The topological polar surface area (TPSA) is 64.1 Å². The Bertz CT molecular complexity index is 594. The molecule has 1 aliphatic carbocycles. The number of hydrogen-bond acceptors (Lipinski definition) is 4. The highest BCUT2D eigenvalue weighted by atomic mass is 127. The van der Waals surface area contributed by atoms with Crippen LogP contribution in [0.15, 0.2) is 29.3 Å². The molecule has 0 amide bonds. The predicted octanol–water partition coefficient (Wildman–Crippen LogP) is 3.98. The van der Waals surface area contributed by atoms with Crippen molar-refractivity contribution >= 4 is 29.9 Å². The van der Waals surface area contributed by atoms with E-state index in [4.69, 9.17) is 19.2 Å². The fourth-order valence-corrected chi connectivity index (χ4v) is 3.42. The monoisotopic (exact) mass is 519 g/mol. The van der Waals surface area contributed by atoms with Crippen LogP contribution in [0.4, 0.5) is 0 Å². The fraction of sp³-hybridized carbons (Fsp3) is 0.682. The van der Waals surface area contributed by atoms with Crippen LogP contribution in [0.2, 0.25) is 0 Å². The number of ether oxygens (including phenoxy) is 3. The molecule has 2 rings (SSSR count). The van der Waals surface area contributed by atoms with Crippen LogP contribution >= 0.6 is 24.0 Å². The molecule has 29 heavy (non-hydrogen) atoms. The second kappa shape index (κ2) is 14.8. The van der Waals surface area contributed by atoms with Gasteiger partial charge in [0.25, 0.3) is 0 Å². The minimum atomic E-state index is 0. The van der Waals surface area contributed by atoms with E-state index in [0.29, 0.717) is 25.2 Å². The second-order valence-electron chi connectivity index (χ2n) is 7.49. The summed E-state index contributed by atoms with van der Waals surface area (Å²) in [6, 6.07) is 8.15. The summed E-state index contributed by atoms with van der Waals surface area (Å²) in [5.74, 6) is 1.76. The Hall–Kier alpha value is -1.06. The van der Waals surface area contributed by atoms with Gasteiger partial charge in [-0.2, -0.15) is 0 Å². The Labute approximate surface area is 193 Å². The van der Waals surface area contributed by atoms with Crippen molar-refractivity contribution in [1.29, 1.82) is 0 Å². The van der Waals surface area contributed by atoms with Crippen molar-refractivity contribution in [3.05, 3.63) is 29.8 Å². The van der Waals surface area contributed by atoms with Gasteiger partial charge in [0.15, 0.2) is 5.96 Å². The highest BCUT2D eigenvalue weighted by Gasteiger charge is 2.36. The summed E-state index contributed by atoms with van der Waals surface area (Å²) in [4.78, 5) is 4.76. The molecule has 166 valence electrons. The Balaban J connectivity index is 0.00000420. The fourth-order valence-electron chi connectivity index (χ4n) is 3.42. The minimum absolute atomic E-state index is 0. The molecule has 2 N–H and O–H groups in total. The Morgan fingerprint density at radius 1 is 1.10 bits per heavy atom. The molecule has 1 aromatic rings. The van der Waals surface area contributed by atoms with E-state index in [1.54, 1.807) is 14.2 Å². The summed E-state index contributed by atoms with van der Waals surface area (Å²) in [5.41, 5.74) is 1.50. The van der Waals surface area contributed by atoms with E-state index >= 15 is 0 Å². The summed E-state index contributed by atoms with van der Waals surface area (Å²) in [6.07, 6.45) is 5.85. The molecule has 7 heteroatoms. The molecular formula is C22H38IN3O3. The van der Waals surface area contributed by atoms with Gasteiger partial charge in [-0.3, -0.25) is 0 Å². The van der Waals surface area contributed by atoms with Crippen LogP contribution in [0.1, 0.15) is 44.6 Å². The number of rotatable bonds is 13. The number of guanidine groups is 1. The van der Waals surface area contributed by atoms with Gasteiger partial charge in [0.2, 0.25) is 0 Å². The average Bonchev–Trinajstić information content (AvgIpc) is 2.68. The molecule has 1 fully saturated rings. The highest BCUT2D eigenvalue weighted by Crippen LogP contribution is 2.43. The van der Waals surface area contributed by atoms with Crippen molar-refractivity contribution in [3.63, 3.8) is 0 Å². The van der Waals surface area contributed by atoms with Crippen molar-refractivity contribution in [2.75, 3.05) is 47.1 Å². The van der Waals surface area contributed by atoms with E-state index in [9.17, 15) is 0 Å². The summed E-state index contributed by atoms with van der Waals surface area (Å²) >= 11 is 0. The van der Waals surface area contributed by atoms with E-state index in [-0.39, 0.29) is 24.0 Å². The molecule has 1 saturated carbocycles. The van der Waals surface area contributed by atoms with Crippen LogP contribution in [0, 0.1) is 5.41 Å². The minimum Gasteiger partial charge on any atom is -0.493 e. The van der Waals surface area contributed by atoms with Crippen LogP contribution < -0.4 is 15.4 Å². The molecule has 1 aliphatic rings. The predicted molar refractivity (Wildman–Crippen MR) is 129 cm³/mol. The number of aliphatic imine (C=N–C) groups is 1. The molecule has 6 nitrogen and oxygen atoms in total. The lowest BCUT2D eigenvalue weighted by Gasteiger charge is -2.42. The van der Waals surface area contributed by atoms with Gasteiger partial charge in [0.05, 0.1) is 13.2 Å². The second-order valence-corrected chi connectivity index (χ2v) is 7.49. The standard InChI is InChI=1S/C22H37N3O3.HI/c1-4-23-21(25-18-22(10-6-11-22)12-15-27-3)24-17-19-8-5-9-20(16-19)28-14-7-13-26-2;/h5,8-9,16H,4,6-7,10-15,17-18H2,1-3H3,(H2,23,24,25);1H. The van der Waals surface area contributed by atoms with E-state index in [0.717, 1.165) is 49.8 Å². The summed E-state index contributed by atoms with van der Waals surface area (Å²) in [7, 11) is 3.49. The Kier molecular flexibility index (Phi) is 13.3. The van der Waals surface area contributed by atoms with Crippen molar-refractivity contribution < 1.29 is 14.2 Å². The number of methoxy groups -OCH3 is 2. The summed E-state index contributed by atoms with van der Waals surface area (Å²) in [5, 5.41) is 6.90. The van der Waals surface area contributed by atoms with Crippen molar-refractivity contribution in [3.8, 4) is 5.75 Å². The zero-order valence-electron chi connectivity index (χ0n) is 18.2. The first-order valence-electron chi connectivity index (χ1n) is 10.4. The van der Waals surface area contributed by atoms with Gasteiger partial charge in [-0.05, 0) is 49.3 Å². The van der Waals surface area contributed by atoms with Gasteiger partial charge in [0.1, 0.15) is 5.75 Å². The van der Waals surface area contributed by atoms with E-state index in [1.807, 2.05) is 12.1 Å². The van der Waals surface area contributed by atoms with Crippen molar-refractivity contribution in [2.45, 2.75) is 45.6 Å². The average molecular weight is 519 g/mol. The van der Waals surface area contributed by atoms with Gasteiger partial charge in [0, 0.05) is 46.9 Å². The van der Waals surface area contributed by atoms with E-state index < -0.39 is 0 Å². The van der Waals surface area contributed by atoms with Gasteiger partial charge in [-0.1, -0.05) is 18.6 Å². The zero-order chi connectivity index (χ0) is 20.1.